The van der Waals surface area contributed by atoms with Gasteiger partial charge in [-0.2, -0.15) is 0 Å². The lowest BCUT2D eigenvalue weighted by Crippen LogP contribution is -1.96. The molecule has 0 N–H and O–H groups in total. The molecule has 0 saturated carbocycles. The Morgan fingerprint density at radius 2 is 1.95 bits per heavy atom. The Balaban J connectivity index is 2.10. The topological polar surface area (TPSA) is 69.4 Å². The Morgan fingerprint density at radius 3 is 2.59 bits per heavy atom. The van der Waals surface area contributed by atoms with E-state index in [1.807, 2.05) is 6.92 Å². The summed E-state index contributed by atoms with van der Waals surface area (Å²) in [5.41, 5.74) is 1.13. The van der Waals surface area contributed by atoms with Crippen LogP contribution in [0.25, 0.3) is 6.08 Å². The molecule has 0 heterocycles. The summed E-state index contributed by atoms with van der Waals surface area (Å²) in [5.74, 6) is 0.538. The molecule has 2 aromatic rings. The van der Waals surface area contributed by atoms with Crippen molar-refractivity contribution in [3.63, 3.8) is 0 Å². The Kier molecular flexibility index (Phi) is 5.03. The summed E-state index contributed by atoms with van der Waals surface area (Å²) in [4.78, 5) is 22.3. The number of nitro benzene ring substituents is 1. The van der Waals surface area contributed by atoms with Crippen molar-refractivity contribution in [1.29, 1.82) is 0 Å². The van der Waals surface area contributed by atoms with Crippen LogP contribution in [0.4, 0.5) is 5.69 Å². The van der Waals surface area contributed by atoms with Gasteiger partial charge >= 0.3 is 0 Å². The average Bonchev–Trinajstić information content (AvgIpc) is 2.54. The molecule has 22 heavy (non-hydrogen) atoms. The normalized spacial score (nSPS) is 10.6. The molecule has 0 aliphatic rings. The van der Waals surface area contributed by atoms with E-state index < -0.39 is 4.92 Å². The van der Waals surface area contributed by atoms with Crippen LogP contribution in [0.15, 0.2) is 54.6 Å². The molecular formula is C17H15NO4. The molecule has 112 valence electrons. The average molecular weight is 297 g/mol. The number of carbonyl (C=O) groups is 1. The molecule has 0 radical (unpaired) electrons. The zero-order valence-corrected chi connectivity index (χ0v) is 12.1. The maximum absolute atomic E-state index is 12.0. The first-order valence-electron chi connectivity index (χ1n) is 6.80. The number of non-ortho nitro benzene ring substituents is 1. The number of rotatable bonds is 6. The van der Waals surface area contributed by atoms with Gasteiger partial charge < -0.3 is 4.74 Å². The van der Waals surface area contributed by atoms with Crippen LogP contribution >= 0.6 is 0 Å². The minimum absolute atomic E-state index is 0.00401. The second-order valence-electron chi connectivity index (χ2n) is 4.51. The molecule has 0 aliphatic carbocycles. The summed E-state index contributed by atoms with van der Waals surface area (Å²) in [5, 5.41) is 10.7. The lowest BCUT2D eigenvalue weighted by molar-refractivity contribution is -0.384. The fourth-order valence-corrected chi connectivity index (χ4v) is 1.89. The Labute approximate surface area is 128 Å². The van der Waals surface area contributed by atoms with Gasteiger partial charge in [-0.15, -0.1) is 0 Å². The number of nitro groups is 1. The van der Waals surface area contributed by atoms with Crippen molar-refractivity contribution in [2.45, 2.75) is 6.92 Å². The largest absolute Gasteiger partial charge is 0.494 e. The number of benzene rings is 2. The minimum Gasteiger partial charge on any atom is -0.494 e. The van der Waals surface area contributed by atoms with Gasteiger partial charge in [-0.05, 0) is 42.8 Å². The maximum Gasteiger partial charge on any atom is 0.270 e. The highest BCUT2D eigenvalue weighted by atomic mass is 16.6. The Hall–Kier alpha value is -2.95. The second-order valence-corrected chi connectivity index (χ2v) is 4.51. The quantitative estimate of drug-likeness (QED) is 0.351. The summed E-state index contributed by atoms with van der Waals surface area (Å²) in [7, 11) is 0. The van der Waals surface area contributed by atoms with E-state index in [0.717, 1.165) is 0 Å². The highest BCUT2D eigenvalue weighted by Crippen LogP contribution is 2.16. The van der Waals surface area contributed by atoms with Gasteiger partial charge in [-0.25, -0.2) is 0 Å². The highest BCUT2D eigenvalue weighted by Gasteiger charge is 2.05. The molecule has 0 aromatic heterocycles. The maximum atomic E-state index is 12.0. The van der Waals surface area contributed by atoms with Gasteiger partial charge in [0.1, 0.15) is 5.75 Å². The molecule has 0 aliphatic heterocycles. The lowest BCUT2D eigenvalue weighted by Gasteiger charge is -2.02. The van der Waals surface area contributed by atoms with E-state index in [1.54, 1.807) is 42.5 Å². The summed E-state index contributed by atoms with van der Waals surface area (Å²) in [6.07, 6.45) is 2.96. The number of hydrogen-bond donors (Lipinski definition) is 0. The molecule has 5 heteroatoms. The van der Waals surface area contributed by atoms with E-state index in [1.165, 1.54) is 18.2 Å². The van der Waals surface area contributed by atoms with E-state index in [2.05, 4.69) is 0 Å². The standard InChI is InChI=1S/C17H15NO4/c1-2-22-16-9-7-14(8-10-16)17(19)11-6-13-4-3-5-15(12-13)18(20)21/h3-12H,2H2,1H3. The van der Waals surface area contributed by atoms with Crippen molar-refractivity contribution in [1.82, 2.24) is 0 Å². The summed E-state index contributed by atoms with van der Waals surface area (Å²) >= 11 is 0. The van der Waals surface area contributed by atoms with Crippen molar-refractivity contribution in [3.8, 4) is 5.75 Å². The van der Waals surface area contributed by atoms with Gasteiger partial charge in [-0.1, -0.05) is 18.2 Å². The second kappa shape index (κ2) is 7.17. The first-order chi connectivity index (χ1) is 10.6. The van der Waals surface area contributed by atoms with Crippen molar-refractivity contribution >= 4 is 17.5 Å². The molecule has 0 amide bonds. The summed E-state index contributed by atoms with van der Waals surface area (Å²) in [6.45, 7) is 2.46. The molecule has 0 spiro atoms. The molecule has 5 nitrogen and oxygen atoms in total. The smallest absolute Gasteiger partial charge is 0.270 e. The third kappa shape index (κ3) is 4.02. The predicted molar refractivity (Wildman–Crippen MR) is 84.1 cm³/mol. The van der Waals surface area contributed by atoms with Crippen LogP contribution in [-0.4, -0.2) is 17.3 Å². The van der Waals surface area contributed by atoms with E-state index in [4.69, 9.17) is 4.74 Å². The van der Waals surface area contributed by atoms with Gasteiger partial charge in [0.05, 0.1) is 11.5 Å². The Morgan fingerprint density at radius 1 is 1.23 bits per heavy atom. The fourth-order valence-electron chi connectivity index (χ4n) is 1.89. The third-order valence-electron chi connectivity index (χ3n) is 2.96. The molecule has 0 atom stereocenters. The molecule has 0 fully saturated rings. The van der Waals surface area contributed by atoms with Gasteiger partial charge in [0.15, 0.2) is 5.78 Å². The summed E-state index contributed by atoms with van der Waals surface area (Å²) < 4.78 is 5.31. The molecule has 0 unspecified atom stereocenters. The monoisotopic (exact) mass is 297 g/mol. The fraction of sp³-hybridized carbons (Fsp3) is 0.118. The summed E-state index contributed by atoms with van der Waals surface area (Å²) in [6, 6.07) is 13.0. The number of hydrogen-bond acceptors (Lipinski definition) is 4. The van der Waals surface area contributed by atoms with Gasteiger partial charge in [-0.3, -0.25) is 14.9 Å². The van der Waals surface area contributed by atoms with E-state index in [-0.39, 0.29) is 11.5 Å². The van der Waals surface area contributed by atoms with Crippen molar-refractivity contribution < 1.29 is 14.5 Å². The van der Waals surface area contributed by atoms with Crippen LogP contribution in [0.1, 0.15) is 22.8 Å². The SMILES string of the molecule is CCOc1ccc(C(=O)C=Cc2cccc([N+](=O)[O-])c2)cc1. The van der Waals surface area contributed by atoms with Gasteiger partial charge in [0.25, 0.3) is 5.69 Å². The van der Waals surface area contributed by atoms with E-state index >= 15 is 0 Å². The van der Waals surface area contributed by atoms with Crippen LogP contribution in [0, 0.1) is 10.1 Å². The zero-order chi connectivity index (χ0) is 15.9. The third-order valence-corrected chi connectivity index (χ3v) is 2.96. The van der Waals surface area contributed by atoms with Crippen molar-refractivity contribution in [3.05, 3.63) is 75.8 Å². The molecule has 0 saturated heterocycles. The van der Waals surface area contributed by atoms with E-state index in [0.29, 0.717) is 23.5 Å². The molecule has 2 aromatic carbocycles. The van der Waals surface area contributed by atoms with Crippen LogP contribution in [0.5, 0.6) is 5.75 Å². The predicted octanol–water partition coefficient (Wildman–Crippen LogP) is 3.89. The lowest BCUT2D eigenvalue weighted by atomic mass is 10.1. The van der Waals surface area contributed by atoms with Crippen molar-refractivity contribution in [2.24, 2.45) is 0 Å². The molecular weight excluding hydrogens is 282 g/mol. The number of allylic oxidation sites excluding steroid dienone is 1. The number of ketones is 1. The molecule has 0 bridgehead atoms. The first-order valence-corrected chi connectivity index (χ1v) is 6.80. The number of ether oxygens (including phenoxy) is 1. The van der Waals surface area contributed by atoms with E-state index in [9.17, 15) is 14.9 Å². The zero-order valence-electron chi connectivity index (χ0n) is 12.1. The van der Waals surface area contributed by atoms with Gasteiger partial charge in [0, 0.05) is 17.7 Å². The Bertz CT molecular complexity index is 705. The van der Waals surface area contributed by atoms with Crippen LogP contribution < -0.4 is 4.74 Å². The van der Waals surface area contributed by atoms with Crippen molar-refractivity contribution in [2.75, 3.05) is 6.61 Å². The van der Waals surface area contributed by atoms with Crippen LogP contribution in [0.3, 0.4) is 0 Å². The van der Waals surface area contributed by atoms with Gasteiger partial charge in [0.2, 0.25) is 0 Å². The highest BCUT2D eigenvalue weighted by molar-refractivity contribution is 6.06. The number of carbonyl (C=O) groups excluding carboxylic acids is 1. The molecule has 2 rings (SSSR count). The minimum atomic E-state index is -0.467. The number of nitrogens with zero attached hydrogens (tertiary/aromatic N) is 1. The van der Waals surface area contributed by atoms with Crippen LogP contribution in [0.2, 0.25) is 0 Å². The van der Waals surface area contributed by atoms with Crippen LogP contribution in [-0.2, 0) is 0 Å². The first kappa shape index (κ1) is 15.4.